The molecule has 0 spiro atoms. The van der Waals surface area contributed by atoms with Crippen LogP contribution in [0.1, 0.15) is 34.1 Å². The average Bonchev–Trinajstić information content (AvgIpc) is 2.99. The van der Waals surface area contributed by atoms with Gasteiger partial charge >= 0.3 is 12.1 Å². The molecule has 0 radical (unpaired) electrons. The Bertz CT molecular complexity index is 979. The number of carbonyl (C=O) groups excluding carboxylic acids is 1. The van der Waals surface area contributed by atoms with Crippen molar-refractivity contribution in [2.24, 2.45) is 0 Å². The maximum absolute atomic E-state index is 12.8. The highest BCUT2D eigenvalue weighted by molar-refractivity contribution is 6.02. The number of fused-ring (bicyclic) bond motifs is 1. The van der Waals surface area contributed by atoms with Crippen LogP contribution in [-0.4, -0.2) is 29.5 Å². The lowest BCUT2D eigenvalue weighted by Gasteiger charge is -2.09. The zero-order valence-corrected chi connectivity index (χ0v) is 15.4. The smallest absolute Gasteiger partial charge is 0.416 e. The van der Waals surface area contributed by atoms with Crippen LogP contribution < -0.4 is 0 Å². The van der Waals surface area contributed by atoms with Gasteiger partial charge in [0.05, 0.1) is 30.8 Å². The first-order valence-corrected chi connectivity index (χ1v) is 8.65. The molecule has 0 amide bonds. The van der Waals surface area contributed by atoms with Crippen LogP contribution >= 0.6 is 0 Å². The second-order valence-corrected chi connectivity index (χ2v) is 6.21. The van der Waals surface area contributed by atoms with E-state index in [1.165, 1.54) is 16.8 Å². The van der Waals surface area contributed by atoms with E-state index in [1.807, 2.05) is 12.1 Å². The van der Waals surface area contributed by atoms with Crippen LogP contribution in [0.15, 0.2) is 42.5 Å². The van der Waals surface area contributed by atoms with E-state index in [0.717, 1.165) is 17.7 Å². The lowest BCUT2D eigenvalue weighted by molar-refractivity contribution is -0.137. The Balaban J connectivity index is 2.00. The summed E-state index contributed by atoms with van der Waals surface area (Å²) in [7, 11) is 1.58. The number of ether oxygens (including phenoxy) is 2. The molecular formula is C20H19F3N2O3. The monoisotopic (exact) mass is 392 g/mol. The topological polar surface area (TPSA) is 53.4 Å². The molecule has 0 saturated heterocycles. The number of carbonyl (C=O) groups is 1. The third-order valence-corrected chi connectivity index (χ3v) is 4.20. The van der Waals surface area contributed by atoms with E-state index in [0.29, 0.717) is 23.1 Å². The number of rotatable bonds is 6. The second kappa shape index (κ2) is 8.02. The van der Waals surface area contributed by atoms with Gasteiger partial charge in [0, 0.05) is 12.5 Å². The van der Waals surface area contributed by atoms with Gasteiger partial charge in [0.15, 0.2) is 5.69 Å². The quantitative estimate of drug-likeness (QED) is 0.583. The van der Waals surface area contributed by atoms with E-state index in [1.54, 1.807) is 20.1 Å². The van der Waals surface area contributed by atoms with Crippen molar-refractivity contribution >= 4 is 16.9 Å². The number of hydrogen-bond donors (Lipinski definition) is 0. The summed E-state index contributed by atoms with van der Waals surface area (Å²) in [4.78, 5) is 12.5. The summed E-state index contributed by atoms with van der Waals surface area (Å²) in [6.45, 7) is 2.44. The Hall–Kier alpha value is -2.87. The van der Waals surface area contributed by atoms with Gasteiger partial charge in [-0.15, -0.1) is 0 Å². The molecule has 0 fully saturated rings. The fourth-order valence-corrected chi connectivity index (χ4v) is 2.94. The molecule has 0 bridgehead atoms. The molecule has 0 aliphatic heterocycles. The van der Waals surface area contributed by atoms with Crippen LogP contribution in [0.3, 0.4) is 0 Å². The summed E-state index contributed by atoms with van der Waals surface area (Å²) in [5.41, 5.74) is 1.61. The van der Waals surface area contributed by atoms with E-state index < -0.39 is 17.7 Å². The molecule has 8 heteroatoms. The highest BCUT2D eigenvalue weighted by Gasteiger charge is 2.30. The van der Waals surface area contributed by atoms with E-state index in [-0.39, 0.29) is 18.8 Å². The number of esters is 1. The van der Waals surface area contributed by atoms with Gasteiger partial charge in [-0.2, -0.15) is 18.3 Å². The summed E-state index contributed by atoms with van der Waals surface area (Å²) in [6, 6.07) is 10.2. The van der Waals surface area contributed by atoms with Gasteiger partial charge in [-0.3, -0.25) is 4.68 Å². The van der Waals surface area contributed by atoms with Gasteiger partial charge in [-0.1, -0.05) is 18.2 Å². The molecule has 28 heavy (non-hydrogen) atoms. The van der Waals surface area contributed by atoms with Crippen LogP contribution in [0, 0.1) is 0 Å². The van der Waals surface area contributed by atoms with Crippen molar-refractivity contribution in [2.75, 3.05) is 13.7 Å². The predicted molar refractivity (Wildman–Crippen MR) is 96.9 cm³/mol. The number of benzene rings is 2. The molecule has 1 heterocycles. The first-order chi connectivity index (χ1) is 13.3. The molecule has 0 aliphatic carbocycles. The van der Waals surface area contributed by atoms with E-state index in [4.69, 9.17) is 9.47 Å². The summed E-state index contributed by atoms with van der Waals surface area (Å²) in [5, 5.41) is 5.08. The third-order valence-electron chi connectivity index (χ3n) is 4.20. The maximum Gasteiger partial charge on any atom is 0.416 e. The Morgan fingerprint density at radius 3 is 2.39 bits per heavy atom. The third kappa shape index (κ3) is 4.17. The summed E-state index contributed by atoms with van der Waals surface area (Å²) < 4.78 is 50.0. The first-order valence-electron chi connectivity index (χ1n) is 8.65. The fourth-order valence-electron chi connectivity index (χ4n) is 2.94. The molecule has 5 nitrogen and oxygen atoms in total. The Kier molecular flexibility index (Phi) is 5.69. The minimum Gasteiger partial charge on any atom is -0.461 e. The highest BCUT2D eigenvalue weighted by atomic mass is 19.4. The zero-order valence-electron chi connectivity index (χ0n) is 15.4. The van der Waals surface area contributed by atoms with Gasteiger partial charge in [-0.05, 0) is 42.3 Å². The second-order valence-electron chi connectivity index (χ2n) is 6.21. The van der Waals surface area contributed by atoms with Crippen molar-refractivity contribution in [2.45, 2.75) is 26.3 Å². The van der Waals surface area contributed by atoms with Gasteiger partial charge in [0.25, 0.3) is 0 Å². The maximum atomic E-state index is 12.8. The molecule has 0 aliphatic rings. The molecule has 3 rings (SSSR count). The van der Waals surface area contributed by atoms with Crippen molar-refractivity contribution in [3.05, 3.63) is 64.8 Å². The van der Waals surface area contributed by atoms with Crippen molar-refractivity contribution in [3.8, 4) is 0 Å². The fraction of sp³-hybridized carbons (Fsp3) is 0.300. The average molecular weight is 392 g/mol. The predicted octanol–water partition coefficient (Wildman–Crippen LogP) is 4.43. The van der Waals surface area contributed by atoms with Crippen LogP contribution in [0.2, 0.25) is 0 Å². The molecule has 2 aromatic carbocycles. The van der Waals surface area contributed by atoms with Crippen molar-refractivity contribution in [3.63, 3.8) is 0 Å². The Morgan fingerprint density at radius 2 is 1.79 bits per heavy atom. The lowest BCUT2D eigenvalue weighted by Crippen LogP contribution is -2.14. The lowest BCUT2D eigenvalue weighted by atomic mass is 10.1. The minimum atomic E-state index is -4.40. The van der Waals surface area contributed by atoms with Crippen molar-refractivity contribution in [1.82, 2.24) is 9.78 Å². The molecule has 1 aromatic heterocycles. The van der Waals surface area contributed by atoms with Crippen LogP contribution in [0.5, 0.6) is 0 Å². The summed E-state index contributed by atoms with van der Waals surface area (Å²) in [6.07, 6.45) is -4.40. The zero-order chi connectivity index (χ0) is 20.3. The first kappa shape index (κ1) is 19.9. The summed E-state index contributed by atoms with van der Waals surface area (Å²) in [5.74, 6) is -0.531. The van der Waals surface area contributed by atoms with Crippen molar-refractivity contribution < 1.29 is 27.4 Å². The van der Waals surface area contributed by atoms with E-state index >= 15 is 0 Å². The SMILES string of the molecule is CCOC(=O)c1c2ccc(COC)cc2nn1Cc1ccc(C(F)(F)F)cc1. The Morgan fingerprint density at radius 1 is 1.11 bits per heavy atom. The summed E-state index contributed by atoms with van der Waals surface area (Å²) >= 11 is 0. The van der Waals surface area contributed by atoms with E-state index in [2.05, 4.69) is 5.10 Å². The number of aromatic nitrogens is 2. The normalized spacial score (nSPS) is 11.8. The number of alkyl halides is 3. The molecule has 0 N–H and O–H groups in total. The number of hydrogen-bond acceptors (Lipinski definition) is 4. The van der Waals surface area contributed by atoms with Crippen LogP contribution in [0.25, 0.3) is 10.9 Å². The van der Waals surface area contributed by atoms with E-state index in [9.17, 15) is 18.0 Å². The largest absolute Gasteiger partial charge is 0.461 e. The Labute approximate surface area is 159 Å². The molecule has 148 valence electrons. The van der Waals surface area contributed by atoms with Crippen LogP contribution in [0.4, 0.5) is 13.2 Å². The molecular weight excluding hydrogens is 373 g/mol. The van der Waals surface area contributed by atoms with Crippen LogP contribution in [-0.2, 0) is 28.8 Å². The van der Waals surface area contributed by atoms with Gasteiger partial charge in [-0.25, -0.2) is 4.79 Å². The highest BCUT2D eigenvalue weighted by Crippen LogP contribution is 2.29. The molecule has 0 unspecified atom stereocenters. The van der Waals surface area contributed by atoms with Gasteiger partial charge < -0.3 is 9.47 Å². The molecule has 0 atom stereocenters. The molecule has 0 saturated carbocycles. The van der Waals surface area contributed by atoms with Gasteiger partial charge in [0.1, 0.15) is 0 Å². The van der Waals surface area contributed by atoms with Gasteiger partial charge in [0.2, 0.25) is 0 Å². The number of nitrogens with zero attached hydrogens (tertiary/aromatic N) is 2. The number of halogens is 3. The standard InChI is InChI=1S/C20H19F3N2O3/c1-3-28-19(26)18-16-9-6-14(12-27-2)10-17(16)24-25(18)11-13-4-7-15(8-5-13)20(21,22)23/h4-10H,3,11-12H2,1-2H3. The number of methoxy groups -OCH3 is 1. The van der Waals surface area contributed by atoms with Crippen molar-refractivity contribution in [1.29, 1.82) is 0 Å². The minimum absolute atomic E-state index is 0.139. The molecule has 3 aromatic rings.